The number of nitrogens with zero attached hydrogens (tertiary/aromatic N) is 1. The first-order valence-corrected chi connectivity index (χ1v) is 12.4. The molecule has 3 saturated carbocycles. The molecule has 2 nitrogen and oxygen atoms in total. The van der Waals surface area contributed by atoms with Crippen molar-refractivity contribution in [2.75, 3.05) is 7.05 Å². The molecule has 4 aliphatic rings. The van der Waals surface area contributed by atoms with E-state index in [1.807, 2.05) is 12.4 Å². The van der Waals surface area contributed by atoms with E-state index in [1.54, 1.807) is 5.57 Å². The second-order valence-corrected chi connectivity index (χ2v) is 11.0. The van der Waals surface area contributed by atoms with Gasteiger partial charge in [0.2, 0.25) is 0 Å². The average Bonchev–Trinajstić information content (AvgIpc) is 3.15. The van der Waals surface area contributed by atoms with Crippen LogP contribution in [0.5, 0.6) is 0 Å². The molecular formula is C28H36N2. The third-order valence-electron chi connectivity index (χ3n) is 9.90. The highest BCUT2D eigenvalue weighted by Gasteiger charge is 2.54. The Bertz CT molecular complexity index is 978. The highest BCUT2D eigenvalue weighted by atomic mass is 14.9. The van der Waals surface area contributed by atoms with Gasteiger partial charge >= 0.3 is 0 Å². The number of fused-ring (bicyclic) bond motifs is 6. The summed E-state index contributed by atoms with van der Waals surface area (Å²) < 4.78 is 0. The first-order valence-electron chi connectivity index (χ1n) is 12.4. The maximum Gasteiger partial charge on any atom is 0.0346 e. The van der Waals surface area contributed by atoms with Crippen molar-refractivity contribution in [2.45, 2.75) is 64.3 Å². The summed E-state index contributed by atoms with van der Waals surface area (Å²) in [6, 6.07) is 9.98. The minimum absolute atomic E-state index is 0.372. The lowest BCUT2D eigenvalue weighted by Gasteiger charge is -2.56. The second kappa shape index (κ2) is 7.19. The number of nitrogens with one attached hydrogen (secondary N) is 1. The Balaban J connectivity index is 1.27. The first kappa shape index (κ1) is 19.0. The summed E-state index contributed by atoms with van der Waals surface area (Å²) in [6.45, 7) is 2.60. The number of benzene rings is 1. The summed E-state index contributed by atoms with van der Waals surface area (Å²) >= 11 is 0. The fraction of sp³-hybridized carbons (Fsp3) is 0.607. The zero-order valence-electron chi connectivity index (χ0n) is 18.6. The van der Waals surface area contributed by atoms with Crippen molar-refractivity contribution in [3.05, 3.63) is 48.3 Å². The Morgan fingerprint density at radius 2 is 1.87 bits per heavy atom. The van der Waals surface area contributed by atoms with Crippen LogP contribution >= 0.6 is 0 Å². The minimum atomic E-state index is 0.372. The van der Waals surface area contributed by atoms with E-state index in [9.17, 15) is 0 Å². The molecule has 1 heterocycles. The minimum Gasteiger partial charge on any atom is -0.317 e. The van der Waals surface area contributed by atoms with E-state index in [2.05, 4.69) is 54.6 Å². The third kappa shape index (κ3) is 2.83. The van der Waals surface area contributed by atoms with Gasteiger partial charge in [-0.3, -0.25) is 4.98 Å². The summed E-state index contributed by atoms with van der Waals surface area (Å²) in [4.78, 5) is 4.29. The number of rotatable bonds is 2. The highest BCUT2D eigenvalue weighted by molar-refractivity contribution is 5.86. The average molecular weight is 401 g/mol. The maximum absolute atomic E-state index is 4.29. The SMILES string of the molecule is CNC1CC[C@H]2[C@@H](CC[C@@H]3[C@@H]2CCC2(C)C(c4ccc5cnccc5c4)=CC[C@@H]32)C1. The van der Waals surface area contributed by atoms with E-state index in [4.69, 9.17) is 0 Å². The molecule has 6 rings (SSSR count). The van der Waals surface area contributed by atoms with E-state index in [0.29, 0.717) is 5.41 Å². The molecule has 0 bridgehead atoms. The standard InChI is InChI=1S/C28H36N2/c1-28-13-11-24-23-8-6-22(29-2)16-19(23)5-7-25(24)27(28)10-9-26(28)20-3-4-21-17-30-14-12-18(21)15-20/h3-4,9,12,14-15,17,19,22-25,27,29H,5-8,10-11,13,16H2,1-2H3/t19-,22?,23-,24+,25+,27-,28?/m0/s1. The smallest absolute Gasteiger partial charge is 0.0346 e. The molecule has 0 amide bonds. The van der Waals surface area contributed by atoms with Crippen LogP contribution in [0.2, 0.25) is 0 Å². The van der Waals surface area contributed by atoms with Crippen LogP contribution in [0, 0.1) is 35.0 Å². The van der Waals surface area contributed by atoms with Crippen molar-refractivity contribution in [2.24, 2.45) is 35.0 Å². The van der Waals surface area contributed by atoms with Crippen LogP contribution in [0.1, 0.15) is 63.9 Å². The van der Waals surface area contributed by atoms with Gasteiger partial charge in [-0.15, -0.1) is 0 Å². The number of aromatic nitrogens is 1. The van der Waals surface area contributed by atoms with E-state index in [1.165, 1.54) is 67.7 Å². The lowest BCUT2D eigenvalue weighted by atomic mass is 9.49. The van der Waals surface area contributed by atoms with Gasteiger partial charge in [-0.05, 0) is 122 Å². The Morgan fingerprint density at radius 1 is 0.967 bits per heavy atom. The van der Waals surface area contributed by atoms with Crippen LogP contribution in [0.3, 0.4) is 0 Å². The van der Waals surface area contributed by atoms with E-state index < -0.39 is 0 Å². The van der Waals surface area contributed by atoms with Crippen molar-refractivity contribution < 1.29 is 0 Å². The normalized spacial score (nSPS) is 40.4. The Labute approximate surface area is 181 Å². The molecule has 30 heavy (non-hydrogen) atoms. The van der Waals surface area contributed by atoms with Gasteiger partial charge in [-0.25, -0.2) is 0 Å². The van der Waals surface area contributed by atoms with Crippen LogP contribution in [-0.4, -0.2) is 18.1 Å². The summed E-state index contributed by atoms with van der Waals surface area (Å²) in [7, 11) is 2.16. The van der Waals surface area contributed by atoms with E-state index >= 15 is 0 Å². The third-order valence-corrected chi connectivity index (χ3v) is 9.90. The number of hydrogen-bond donors (Lipinski definition) is 1. The number of pyridine rings is 1. The lowest BCUT2D eigenvalue weighted by Crippen LogP contribution is -2.49. The van der Waals surface area contributed by atoms with Crippen molar-refractivity contribution in [1.82, 2.24) is 10.3 Å². The summed E-state index contributed by atoms with van der Waals surface area (Å²) in [5.41, 5.74) is 3.47. The highest BCUT2D eigenvalue weighted by Crippen LogP contribution is 2.64. The van der Waals surface area contributed by atoms with Gasteiger partial charge in [0.1, 0.15) is 0 Å². The molecular weight excluding hydrogens is 364 g/mol. The topological polar surface area (TPSA) is 24.9 Å². The van der Waals surface area contributed by atoms with Crippen LogP contribution in [0.15, 0.2) is 42.7 Å². The fourth-order valence-electron chi connectivity index (χ4n) is 8.38. The summed E-state index contributed by atoms with van der Waals surface area (Å²) in [5, 5.41) is 6.15. The zero-order chi connectivity index (χ0) is 20.3. The molecule has 158 valence electrons. The van der Waals surface area contributed by atoms with Crippen molar-refractivity contribution >= 4 is 16.3 Å². The van der Waals surface area contributed by atoms with E-state index in [-0.39, 0.29) is 0 Å². The zero-order valence-corrected chi connectivity index (χ0v) is 18.6. The van der Waals surface area contributed by atoms with Gasteiger partial charge in [-0.2, -0.15) is 0 Å². The molecule has 0 aliphatic heterocycles. The first-order chi connectivity index (χ1) is 14.7. The predicted octanol–water partition coefficient (Wildman–Crippen LogP) is 6.47. The lowest BCUT2D eigenvalue weighted by molar-refractivity contribution is -0.0414. The van der Waals surface area contributed by atoms with E-state index in [0.717, 1.165) is 35.6 Å². The maximum atomic E-state index is 4.29. The van der Waals surface area contributed by atoms with Gasteiger partial charge in [0.15, 0.2) is 0 Å². The van der Waals surface area contributed by atoms with Gasteiger partial charge in [-0.1, -0.05) is 25.1 Å². The largest absolute Gasteiger partial charge is 0.317 e. The van der Waals surface area contributed by atoms with Crippen LogP contribution in [0.25, 0.3) is 16.3 Å². The molecule has 1 N–H and O–H groups in total. The Kier molecular flexibility index (Phi) is 4.57. The molecule has 7 atom stereocenters. The van der Waals surface area contributed by atoms with Gasteiger partial charge in [0.05, 0.1) is 0 Å². The van der Waals surface area contributed by atoms with Crippen molar-refractivity contribution in [3.63, 3.8) is 0 Å². The van der Waals surface area contributed by atoms with Gasteiger partial charge in [0.25, 0.3) is 0 Å². The van der Waals surface area contributed by atoms with Crippen LogP contribution < -0.4 is 5.32 Å². The molecule has 2 aromatic rings. The molecule has 3 fully saturated rings. The number of allylic oxidation sites excluding steroid dienone is 2. The van der Waals surface area contributed by atoms with Crippen LogP contribution in [0.4, 0.5) is 0 Å². The molecule has 0 radical (unpaired) electrons. The quantitative estimate of drug-likeness (QED) is 0.625. The molecule has 2 unspecified atom stereocenters. The van der Waals surface area contributed by atoms with Gasteiger partial charge < -0.3 is 5.32 Å². The second-order valence-electron chi connectivity index (χ2n) is 11.0. The molecule has 2 heteroatoms. The van der Waals surface area contributed by atoms with Crippen LogP contribution in [-0.2, 0) is 0 Å². The molecule has 0 spiro atoms. The monoisotopic (exact) mass is 400 g/mol. The Hall–Kier alpha value is -1.67. The summed E-state index contributed by atoms with van der Waals surface area (Å²) in [6.07, 6.45) is 17.9. The fourth-order valence-corrected chi connectivity index (χ4v) is 8.38. The molecule has 1 aromatic heterocycles. The Morgan fingerprint density at radius 3 is 2.77 bits per heavy atom. The molecule has 4 aliphatic carbocycles. The molecule has 0 saturated heterocycles. The summed E-state index contributed by atoms with van der Waals surface area (Å²) in [5.74, 6) is 4.81. The molecule has 1 aromatic carbocycles. The predicted molar refractivity (Wildman–Crippen MR) is 125 cm³/mol. The van der Waals surface area contributed by atoms with Crippen molar-refractivity contribution in [3.8, 4) is 0 Å². The number of hydrogen-bond acceptors (Lipinski definition) is 2. The van der Waals surface area contributed by atoms with Gasteiger partial charge in [0, 0.05) is 23.8 Å². The van der Waals surface area contributed by atoms with Crippen molar-refractivity contribution in [1.29, 1.82) is 0 Å².